The van der Waals surface area contributed by atoms with Gasteiger partial charge in [-0.3, -0.25) is 4.99 Å². The van der Waals surface area contributed by atoms with Crippen molar-refractivity contribution in [3.8, 4) is 11.8 Å². The molecule has 0 aromatic heterocycles. The Labute approximate surface area is 254 Å². The summed E-state index contributed by atoms with van der Waals surface area (Å²) in [4.78, 5) is 5.07. The zero-order chi connectivity index (χ0) is 30.9. The van der Waals surface area contributed by atoms with Crippen molar-refractivity contribution in [1.82, 2.24) is 0 Å². The molecule has 1 aromatic rings. The molecule has 0 radical (unpaired) electrons. The van der Waals surface area contributed by atoms with Crippen LogP contribution >= 0.6 is 0 Å². The van der Waals surface area contributed by atoms with Crippen LogP contribution in [0.3, 0.4) is 0 Å². The van der Waals surface area contributed by atoms with E-state index in [1.54, 1.807) is 18.2 Å². The summed E-state index contributed by atoms with van der Waals surface area (Å²) in [6.45, 7) is 13.5. The largest absolute Gasteiger partial charge is 0.435 e. The number of ether oxygens (including phenoxy) is 1. The summed E-state index contributed by atoms with van der Waals surface area (Å²) >= 11 is 0. The van der Waals surface area contributed by atoms with Crippen molar-refractivity contribution < 1.29 is 13.5 Å². The van der Waals surface area contributed by atoms with E-state index in [0.29, 0.717) is 17.4 Å². The highest BCUT2D eigenvalue weighted by molar-refractivity contribution is 5.85. The maximum absolute atomic E-state index is 13.0. The van der Waals surface area contributed by atoms with Crippen LogP contribution in [-0.4, -0.2) is 12.8 Å². The van der Waals surface area contributed by atoms with Gasteiger partial charge in [-0.25, -0.2) is 0 Å². The Balaban J connectivity index is 2.39. The maximum Gasteiger partial charge on any atom is 0.387 e. The number of benzene rings is 1. The number of hydrogen-bond donors (Lipinski definition) is 0. The minimum absolute atomic E-state index is 0.0902. The molecule has 0 bridgehead atoms. The lowest BCUT2D eigenvalue weighted by Gasteiger charge is -2.24. The average Bonchev–Trinajstić information content (AvgIpc) is 3.09. The number of rotatable bonds is 19. The van der Waals surface area contributed by atoms with Gasteiger partial charge in [-0.2, -0.15) is 14.0 Å². The first kappa shape index (κ1) is 35.2. The molecule has 3 unspecified atom stereocenters. The first-order valence-corrected chi connectivity index (χ1v) is 16.0. The summed E-state index contributed by atoms with van der Waals surface area (Å²) in [5, 5.41) is 10.4. The molecule has 42 heavy (non-hydrogen) atoms. The number of fused-ring (bicyclic) bond motifs is 1. The molecule has 1 aliphatic rings. The van der Waals surface area contributed by atoms with Gasteiger partial charge >= 0.3 is 6.61 Å². The molecule has 0 saturated heterocycles. The highest BCUT2D eigenvalue weighted by Crippen LogP contribution is 2.45. The standard InChI is InChI=1S/C37H52F2N2O/c1-7-12-17-29(18-13-8-2)20-14-19-28(11-5)26-41-36(16-10-4)34-23-30(15-9-3)27(6)33-24-31(42-37(38)39)21-22-32(33)35(34)25-40/h7-8,16,21-22,24,26-30,37H,1-2,9-15,17-20,23H2,3-6H3/b36-16-,41-26?. The quantitative estimate of drug-likeness (QED) is 0.121. The van der Waals surface area contributed by atoms with Gasteiger partial charge in [0.05, 0.1) is 11.3 Å². The van der Waals surface area contributed by atoms with Crippen LogP contribution < -0.4 is 4.74 Å². The van der Waals surface area contributed by atoms with Gasteiger partial charge in [-0.15, -0.1) is 13.2 Å². The normalized spacial score (nSPS) is 18.2. The lowest BCUT2D eigenvalue weighted by Crippen LogP contribution is -2.11. The van der Waals surface area contributed by atoms with Crippen molar-refractivity contribution in [3.63, 3.8) is 0 Å². The predicted octanol–water partition coefficient (Wildman–Crippen LogP) is 11.6. The van der Waals surface area contributed by atoms with Crippen LogP contribution in [0.25, 0.3) is 5.57 Å². The number of hydrogen-bond acceptors (Lipinski definition) is 3. The second-order valence-electron chi connectivity index (χ2n) is 11.6. The Morgan fingerprint density at radius 1 is 1.12 bits per heavy atom. The number of nitrogens with zero attached hydrogens (tertiary/aromatic N) is 2. The molecule has 0 aliphatic heterocycles. The Morgan fingerprint density at radius 3 is 2.40 bits per heavy atom. The lowest BCUT2D eigenvalue weighted by molar-refractivity contribution is -0.0499. The summed E-state index contributed by atoms with van der Waals surface area (Å²) in [6, 6.07) is 7.49. The number of alkyl halides is 2. The minimum Gasteiger partial charge on any atom is -0.435 e. The van der Waals surface area contributed by atoms with Crippen LogP contribution in [0.4, 0.5) is 8.78 Å². The molecule has 0 spiro atoms. The second-order valence-corrected chi connectivity index (χ2v) is 11.6. The molecule has 5 heteroatoms. The fraction of sp³-hybridized carbons (Fsp3) is 0.568. The van der Waals surface area contributed by atoms with Crippen LogP contribution in [0.1, 0.15) is 122 Å². The van der Waals surface area contributed by atoms with Gasteiger partial charge in [0.1, 0.15) is 11.8 Å². The van der Waals surface area contributed by atoms with Crippen LogP contribution in [-0.2, 0) is 0 Å². The molecule has 1 aliphatic carbocycles. The molecular formula is C37H52F2N2O. The highest BCUT2D eigenvalue weighted by Gasteiger charge is 2.30. The van der Waals surface area contributed by atoms with Crippen molar-refractivity contribution in [2.75, 3.05) is 0 Å². The fourth-order valence-electron chi connectivity index (χ4n) is 6.19. The first-order valence-electron chi connectivity index (χ1n) is 16.0. The van der Waals surface area contributed by atoms with E-state index in [0.717, 1.165) is 80.2 Å². The summed E-state index contributed by atoms with van der Waals surface area (Å²) in [7, 11) is 0. The van der Waals surface area contributed by atoms with Crippen LogP contribution in [0.2, 0.25) is 0 Å². The maximum atomic E-state index is 13.0. The second kappa shape index (κ2) is 19.2. The van der Waals surface area contributed by atoms with Gasteiger partial charge in [0.15, 0.2) is 0 Å². The van der Waals surface area contributed by atoms with Crippen molar-refractivity contribution in [1.29, 1.82) is 5.26 Å². The lowest BCUT2D eigenvalue weighted by atomic mass is 9.81. The molecule has 0 heterocycles. The third-order valence-corrected chi connectivity index (χ3v) is 8.66. The Hall–Kier alpha value is -3.00. The Morgan fingerprint density at radius 2 is 1.83 bits per heavy atom. The molecule has 3 atom stereocenters. The number of halogens is 2. The summed E-state index contributed by atoms with van der Waals surface area (Å²) in [5.41, 5.74) is 4.13. The van der Waals surface area contributed by atoms with E-state index in [4.69, 9.17) is 9.73 Å². The van der Waals surface area contributed by atoms with Gasteiger partial charge in [-0.05, 0) is 116 Å². The third kappa shape index (κ3) is 10.7. The summed E-state index contributed by atoms with van der Waals surface area (Å²) < 4.78 is 30.7. The third-order valence-electron chi connectivity index (χ3n) is 8.66. The van der Waals surface area contributed by atoms with E-state index in [2.05, 4.69) is 59.2 Å². The summed E-state index contributed by atoms with van der Waals surface area (Å²) in [5.74, 6) is 1.55. The van der Waals surface area contributed by atoms with Crippen molar-refractivity contribution in [2.45, 2.75) is 117 Å². The average molecular weight is 579 g/mol. The molecule has 1 aromatic carbocycles. The molecule has 2 rings (SSSR count). The molecule has 0 N–H and O–H groups in total. The van der Waals surface area contributed by atoms with Crippen molar-refractivity contribution in [2.24, 2.45) is 22.7 Å². The SMILES string of the molecule is C=CCCC(CCC=C)CCCC(C=N/C(=C\CC)C1=C(C#N)c2ccc(OC(F)F)cc2C(C)C(CCC)C1)CC. The van der Waals surface area contributed by atoms with Crippen LogP contribution in [0, 0.1) is 29.1 Å². The Kier molecular flexibility index (Phi) is 16.1. The number of nitriles is 1. The first-order chi connectivity index (χ1) is 20.3. The van der Waals surface area contributed by atoms with Gasteiger partial charge in [0.25, 0.3) is 0 Å². The molecule has 3 nitrogen and oxygen atoms in total. The van der Waals surface area contributed by atoms with Gasteiger partial charge in [0, 0.05) is 6.21 Å². The topological polar surface area (TPSA) is 45.4 Å². The summed E-state index contributed by atoms with van der Waals surface area (Å²) in [6.07, 6.45) is 20.7. The van der Waals surface area contributed by atoms with Crippen LogP contribution in [0.5, 0.6) is 5.75 Å². The van der Waals surface area contributed by atoms with Gasteiger partial charge < -0.3 is 4.74 Å². The smallest absolute Gasteiger partial charge is 0.387 e. The minimum atomic E-state index is -2.89. The van der Waals surface area contributed by atoms with E-state index in [1.807, 2.05) is 12.2 Å². The molecule has 0 amide bonds. The molecule has 0 fully saturated rings. The van der Waals surface area contributed by atoms with Crippen molar-refractivity contribution in [3.05, 3.63) is 72.0 Å². The van der Waals surface area contributed by atoms with Gasteiger partial charge in [0.2, 0.25) is 0 Å². The van der Waals surface area contributed by atoms with Crippen molar-refractivity contribution >= 4 is 11.8 Å². The van der Waals surface area contributed by atoms with E-state index >= 15 is 0 Å². The van der Waals surface area contributed by atoms with E-state index < -0.39 is 6.61 Å². The van der Waals surface area contributed by atoms with Crippen LogP contribution in [0.15, 0.2) is 65.8 Å². The Bertz CT molecular complexity index is 1120. The highest BCUT2D eigenvalue weighted by atomic mass is 19.3. The predicted molar refractivity (Wildman–Crippen MR) is 174 cm³/mol. The molecule has 0 saturated carbocycles. The van der Waals surface area contributed by atoms with E-state index in [9.17, 15) is 14.0 Å². The molecule has 230 valence electrons. The zero-order valence-electron chi connectivity index (χ0n) is 26.4. The van der Waals surface area contributed by atoms with E-state index in [1.165, 1.54) is 19.3 Å². The number of allylic oxidation sites excluding steroid dienone is 5. The van der Waals surface area contributed by atoms with Gasteiger partial charge in [-0.1, -0.05) is 65.2 Å². The monoisotopic (exact) mass is 578 g/mol. The zero-order valence-corrected chi connectivity index (χ0v) is 26.4. The number of aliphatic imine (C=N–C) groups is 1. The fourth-order valence-corrected chi connectivity index (χ4v) is 6.19. The molecular weight excluding hydrogens is 526 g/mol. The van der Waals surface area contributed by atoms with E-state index in [-0.39, 0.29) is 17.6 Å².